The largest absolute Gasteiger partial charge is 0.385 e. The van der Waals surface area contributed by atoms with Crippen molar-refractivity contribution in [2.75, 3.05) is 0 Å². The number of Topliss-reactive ketones (excluding diaryl/α,β-unsaturated/α-hetero) is 1. The van der Waals surface area contributed by atoms with Crippen LogP contribution in [0.25, 0.3) is 0 Å². The van der Waals surface area contributed by atoms with E-state index in [0.717, 1.165) is 37.8 Å². The molecule has 17 heavy (non-hydrogen) atoms. The molecule has 0 bridgehead atoms. The number of aliphatic hydroxyl groups is 1. The van der Waals surface area contributed by atoms with Gasteiger partial charge in [-0.3, -0.25) is 9.78 Å². The molecule has 0 aliphatic heterocycles. The maximum atomic E-state index is 12.3. The molecule has 1 fully saturated rings. The fourth-order valence-electron chi connectivity index (χ4n) is 2.74. The van der Waals surface area contributed by atoms with E-state index in [4.69, 9.17) is 0 Å². The number of aliphatic hydroxyl groups excluding tert-OH is 1. The molecule has 90 valence electrons. The minimum absolute atomic E-state index is 0.00727. The zero-order valence-electron chi connectivity index (χ0n) is 9.80. The molecule has 1 N–H and O–H groups in total. The molecular weight excluding hydrogens is 214 g/mol. The standard InChI is InChI=1S/C14H17NO2/c16-13(10-6-7-10)14(17)11-5-1-3-9-4-2-8-15-12(9)11/h2,4,8,10-11,13,16H,1,3,5-7H2. The Morgan fingerprint density at radius 1 is 1.41 bits per heavy atom. The molecule has 1 heterocycles. The number of hydrogen-bond donors (Lipinski definition) is 1. The molecule has 1 aromatic heterocycles. The number of aromatic nitrogens is 1. The average Bonchev–Trinajstić information content (AvgIpc) is 3.20. The Morgan fingerprint density at radius 2 is 2.24 bits per heavy atom. The molecule has 0 radical (unpaired) electrons. The number of rotatable bonds is 3. The van der Waals surface area contributed by atoms with E-state index >= 15 is 0 Å². The molecule has 0 saturated heterocycles. The number of fused-ring (bicyclic) bond motifs is 1. The van der Waals surface area contributed by atoms with Crippen LogP contribution in [0.15, 0.2) is 18.3 Å². The van der Waals surface area contributed by atoms with Crippen molar-refractivity contribution in [1.29, 1.82) is 0 Å². The van der Waals surface area contributed by atoms with Gasteiger partial charge in [-0.15, -0.1) is 0 Å². The quantitative estimate of drug-likeness (QED) is 0.863. The van der Waals surface area contributed by atoms with E-state index in [1.54, 1.807) is 6.20 Å². The Morgan fingerprint density at radius 3 is 3.00 bits per heavy atom. The monoisotopic (exact) mass is 231 g/mol. The first kappa shape index (κ1) is 10.9. The summed E-state index contributed by atoms with van der Waals surface area (Å²) in [6, 6.07) is 3.97. The van der Waals surface area contributed by atoms with Gasteiger partial charge in [0.2, 0.25) is 0 Å². The van der Waals surface area contributed by atoms with Crippen molar-refractivity contribution < 1.29 is 9.90 Å². The van der Waals surface area contributed by atoms with Gasteiger partial charge in [-0.05, 0) is 49.7 Å². The Hall–Kier alpha value is -1.22. The molecular formula is C14H17NO2. The molecule has 1 aromatic rings. The van der Waals surface area contributed by atoms with Crippen LogP contribution in [0.4, 0.5) is 0 Å². The number of hydrogen-bond acceptors (Lipinski definition) is 3. The highest BCUT2D eigenvalue weighted by Crippen LogP contribution is 2.38. The first-order valence-corrected chi connectivity index (χ1v) is 6.43. The van der Waals surface area contributed by atoms with Crippen molar-refractivity contribution >= 4 is 5.78 Å². The SMILES string of the molecule is O=C(C1CCCc2cccnc21)C(O)C1CC1. The summed E-state index contributed by atoms with van der Waals surface area (Å²) in [7, 11) is 0. The lowest BCUT2D eigenvalue weighted by Crippen LogP contribution is -2.31. The Balaban J connectivity index is 1.86. The van der Waals surface area contributed by atoms with Gasteiger partial charge in [-0.2, -0.15) is 0 Å². The van der Waals surface area contributed by atoms with Crippen molar-refractivity contribution in [2.24, 2.45) is 5.92 Å². The lowest BCUT2D eigenvalue weighted by Gasteiger charge is -2.24. The second-order valence-electron chi connectivity index (χ2n) is 5.18. The Labute approximate surface area is 101 Å². The van der Waals surface area contributed by atoms with E-state index in [9.17, 15) is 9.90 Å². The Bertz CT molecular complexity index is 440. The molecule has 2 atom stereocenters. The highest BCUT2D eigenvalue weighted by molar-refractivity contribution is 5.90. The van der Waals surface area contributed by atoms with Crippen molar-refractivity contribution in [3.05, 3.63) is 29.6 Å². The van der Waals surface area contributed by atoms with Gasteiger partial charge in [-0.25, -0.2) is 0 Å². The molecule has 0 amide bonds. The molecule has 1 saturated carbocycles. The normalized spacial score (nSPS) is 25.1. The maximum absolute atomic E-state index is 12.3. The third-order valence-corrected chi connectivity index (χ3v) is 3.90. The number of nitrogens with zero attached hydrogens (tertiary/aromatic N) is 1. The molecule has 3 nitrogen and oxygen atoms in total. The van der Waals surface area contributed by atoms with Crippen LogP contribution < -0.4 is 0 Å². The minimum Gasteiger partial charge on any atom is -0.385 e. The van der Waals surface area contributed by atoms with Gasteiger partial charge in [0.1, 0.15) is 6.10 Å². The molecule has 2 aliphatic carbocycles. The van der Waals surface area contributed by atoms with Crippen molar-refractivity contribution in [3.8, 4) is 0 Å². The molecule has 3 rings (SSSR count). The summed E-state index contributed by atoms with van der Waals surface area (Å²) in [5.41, 5.74) is 2.09. The zero-order valence-corrected chi connectivity index (χ0v) is 9.80. The number of pyridine rings is 1. The molecule has 2 aliphatic rings. The van der Waals surface area contributed by atoms with Gasteiger partial charge in [0.15, 0.2) is 5.78 Å². The maximum Gasteiger partial charge on any atom is 0.170 e. The van der Waals surface area contributed by atoms with Gasteiger partial charge < -0.3 is 5.11 Å². The van der Waals surface area contributed by atoms with Gasteiger partial charge in [0.25, 0.3) is 0 Å². The number of carbonyl (C=O) groups excluding carboxylic acids is 1. The van der Waals surface area contributed by atoms with E-state index in [2.05, 4.69) is 4.98 Å². The second-order valence-corrected chi connectivity index (χ2v) is 5.18. The molecule has 2 unspecified atom stereocenters. The van der Waals surface area contributed by atoms with Gasteiger partial charge in [0, 0.05) is 6.20 Å². The number of carbonyl (C=O) groups is 1. The second kappa shape index (κ2) is 4.22. The van der Waals surface area contributed by atoms with Crippen LogP contribution in [0.5, 0.6) is 0 Å². The average molecular weight is 231 g/mol. The van der Waals surface area contributed by atoms with Crippen LogP contribution in [0.3, 0.4) is 0 Å². The van der Waals surface area contributed by atoms with E-state index in [1.165, 1.54) is 5.56 Å². The zero-order chi connectivity index (χ0) is 11.8. The smallest absolute Gasteiger partial charge is 0.170 e. The molecule has 0 spiro atoms. The first-order chi connectivity index (χ1) is 8.27. The minimum atomic E-state index is -0.757. The van der Waals surface area contributed by atoms with Crippen molar-refractivity contribution in [3.63, 3.8) is 0 Å². The predicted molar refractivity (Wildman–Crippen MR) is 63.7 cm³/mol. The fraction of sp³-hybridized carbons (Fsp3) is 0.571. The fourth-order valence-corrected chi connectivity index (χ4v) is 2.74. The third-order valence-electron chi connectivity index (χ3n) is 3.90. The van der Waals surface area contributed by atoms with Crippen LogP contribution in [0, 0.1) is 5.92 Å². The van der Waals surface area contributed by atoms with E-state index in [-0.39, 0.29) is 17.6 Å². The number of ketones is 1. The Kier molecular flexibility index (Phi) is 2.71. The molecule has 3 heteroatoms. The van der Waals surface area contributed by atoms with E-state index in [1.807, 2.05) is 12.1 Å². The van der Waals surface area contributed by atoms with Crippen LogP contribution in [-0.4, -0.2) is 22.0 Å². The predicted octanol–water partition coefficient (Wildman–Crippen LogP) is 1.84. The van der Waals surface area contributed by atoms with Gasteiger partial charge >= 0.3 is 0 Å². The summed E-state index contributed by atoms with van der Waals surface area (Å²) in [6.45, 7) is 0. The lowest BCUT2D eigenvalue weighted by atomic mass is 9.82. The first-order valence-electron chi connectivity index (χ1n) is 6.43. The van der Waals surface area contributed by atoms with Gasteiger partial charge in [0.05, 0.1) is 11.6 Å². The van der Waals surface area contributed by atoms with Crippen molar-refractivity contribution in [2.45, 2.75) is 44.1 Å². The third kappa shape index (κ3) is 2.00. The van der Waals surface area contributed by atoms with Crippen LogP contribution >= 0.6 is 0 Å². The lowest BCUT2D eigenvalue weighted by molar-refractivity contribution is -0.130. The van der Waals surface area contributed by atoms with E-state index < -0.39 is 6.10 Å². The summed E-state index contributed by atoms with van der Waals surface area (Å²) in [5, 5.41) is 9.96. The summed E-state index contributed by atoms with van der Waals surface area (Å²) < 4.78 is 0. The highest BCUT2D eigenvalue weighted by Gasteiger charge is 2.39. The van der Waals surface area contributed by atoms with Crippen LogP contribution in [0.1, 0.15) is 42.9 Å². The van der Waals surface area contributed by atoms with Crippen molar-refractivity contribution in [1.82, 2.24) is 4.98 Å². The molecule has 0 aromatic carbocycles. The van der Waals surface area contributed by atoms with Crippen LogP contribution in [-0.2, 0) is 11.2 Å². The highest BCUT2D eigenvalue weighted by atomic mass is 16.3. The summed E-state index contributed by atoms with van der Waals surface area (Å²) >= 11 is 0. The topological polar surface area (TPSA) is 50.2 Å². The van der Waals surface area contributed by atoms with E-state index in [0.29, 0.717) is 0 Å². The summed E-state index contributed by atoms with van der Waals surface area (Å²) in [4.78, 5) is 16.6. The summed E-state index contributed by atoms with van der Waals surface area (Å²) in [6.07, 6.45) is 5.84. The number of aryl methyl sites for hydroxylation is 1. The van der Waals surface area contributed by atoms with Crippen LogP contribution in [0.2, 0.25) is 0 Å². The summed E-state index contributed by atoms with van der Waals surface area (Å²) in [5.74, 6) is 0.0410. The van der Waals surface area contributed by atoms with Gasteiger partial charge in [-0.1, -0.05) is 6.07 Å².